The lowest BCUT2D eigenvalue weighted by Crippen LogP contribution is -2.06. The zero-order chi connectivity index (χ0) is 20.2. The second-order valence-electron chi connectivity index (χ2n) is 5.04. The van der Waals surface area contributed by atoms with Crippen LogP contribution < -0.4 is 10.2 Å². The monoisotopic (exact) mass is 384 g/mol. The lowest BCUT2D eigenvalue weighted by atomic mass is 10.1. The Bertz CT molecular complexity index is 915. The summed E-state index contributed by atoms with van der Waals surface area (Å²) in [5.41, 5.74) is -0.0791. The van der Waals surface area contributed by atoms with Crippen molar-refractivity contribution in [2.75, 3.05) is 12.5 Å². The van der Waals surface area contributed by atoms with E-state index in [2.05, 4.69) is 10.5 Å². The molecule has 9 nitrogen and oxygen atoms in total. The third-order valence-corrected chi connectivity index (χ3v) is 3.33. The number of ether oxygens (including phenoxy) is 1. The molecular weight excluding hydrogens is 373 g/mol. The number of benzene rings is 2. The Balaban J connectivity index is 2.32. The fourth-order valence-electron chi connectivity index (χ4n) is 2.06. The molecule has 1 N–H and O–H groups in total. The topological polar surface area (TPSA) is 120 Å². The first-order chi connectivity index (χ1) is 12.6. The van der Waals surface area contributed by atoms with Gasteiger partial charge in [-0.15, -0.1) is 0 Å². The normalized spacial score (nSPS) is 11.4. The Labute approximate surface area is 149 Å². The van der Waals surface area contributed by atoms with Crippen molar-refractivity contribution in [2.45, 2.75) is 6.18 Å². The molecule has 0 fully saturated rings. The fourth-order valence-corrected chi connectivity index (χ4v) is 2.06. The van der Waals surface area contributed by atoms with Crippen LogP contribution in [0.25, 0.3) is 0 Å². The predicted octanol–water partition coefficient (Wildman–Crippen LogP) is 3.98. The predicted molar refractivity (Wildman–Crippen MR) is 89.0 cm³/mol. The van der Waals surface area contributed by atoms with Gasteiger partial charge in [0.25, 0.3) is 11.4 Å². The standard InChI is InChI=1S/C15H11F3N4O5/c1-27-14-5-3-11(21(23)24)6-9(14)8-19-20-12-4-2-10(15(16,17)18)7-13(12)22(25)26/h2-8,20H,1H3/b19-8-. The lowest BCUT2D eigenvalue weighted by Gasteiger charge is -2.08. The van der Waals surface area contributed by atoms with E-state index in [4.69, 9.17) is 4.74 Å². The van der Waals surface area contributed by atoms with Crippen molar-refractivity contribution in [1.82, 2.24) is 0 Å². The van der Waals surface area contributed by atoms with Crippen molar-refractivity contribution in [1.29, 1.82) is 0 Å². The average Bonchev–Trinajstić information content (AvgIpc) is 2.60. The van der Waals surface area contributed by atoms with E-state index in [-0.39, 0.29) is 22.7 Å². The summed E-state index contributed by atoms with van der Waals surface area (Å²) in [5, 5.41) is 25.5. The molecule has 0 radical (unpaired) electrons. The van der Waals surface area contributed by atoms with Gasteiger partial charge in [-0.2, -0.15) is 18.3 Å². The Hall–Kier alpha value is -3.70. The van der Waals surface area contributed by atoms with Gasteiger partial charge >= 0.3 is 6.18 Å². The van der Waals surface area contributed by atoms with Crippen molar-refractivity contribution in [3.05, 3.63) is 67.8 Å². The van der Waals surface area contributed by atoms with Gasteiger partial charge in [0.1, 0.15) is 11.4 Å². The molecule has 12 heteroatoms. The molecule has 0 aliphatic carbocycles. The molecule has 0 aromatic heterocycles. The molecule has 0 aliphatic rings. The number of hydrogen-bond acceptors (Lipinski definition) is 7. The van der Waals surface area contributed by atoms with Crippen LogP contribution >= 0.6 is 0 Å². The van der Waals surface area contributed by atoms with Crippen LogP contribution in [0, 0.1) is 20.2 Å². The zero-order valence-electron chi connectivity index (χ0n) is 13.6. The molecule has 2 aromatic rings. The first-order valence-electron chi connectivity index (χ1n) is 7.10. The van der Waals surface area contributed by atoms with Gasteiger partial charge < -0.3 is 4.74 Å². The zero-order valence-corrected chi connectivity index (χ0v) is 13.6. The van der Waals surface area contributed by atoms with Crippen LogP contribution in [-0.2, 0) is 6.18 Å². The van der Waals surface area contributed by atoms with Gasteiger partial charge in [0.15, 0.2) is 0 Å². The van der Waals surface area contributed by atoms with Crippen LogP contribution in [0.2, 0.25) is 0 Å². The van der Waals surface area contributed by atoms with Gasteiger partial charge in [-0.3, -0.25) is 25.7 Å². The van der Waals surface area contributed by atoms with Gasteiger partial charge in [-0.25, -0.2) is 0 Å². The molecule has 0 aliphatic heterocycles. The molecule has 0 heterocycles. The summed E-state index contributed by atoms with van der Waals surface area (Å²) in [4.78, 5) is 20.2. The number of methoxy groups -OCH3 is 1. The number of alkyl halides is 3. The lowest BCUT2D eigenvalue weighted by molar-refractivity contribution is -0.384. The first kappa shape index (κ1) is 19.6. The smallest absolute Gasteiger partial charge is 0.416 e. The number of nitrogens with zero attached hydrogens (tertiary/aromatic N) is 3. The number of halogens is 3. The van der Waals surface area contributed by atoms with E-state index in [1.165, 1.54) is 19.2 Å². The van der Waals surface area contributed by atoms with Crippen molar-refractivity contribution in [2.24, 2.45) is 5.10 Å². The highest BCUT2D eigenvalue weighted by atomic mass is 19.4. The number of hydrogen-bond donors (Lipinski definition) is 1. The second-order valence-corrected chi connectivity index (χ2v) is 5.04. The summed E-state index contributed by atoms with van der Waals surface area (Å²) in [5.74, 6) is 0.244. The SMILES string of the molecule is COc1ccc([N+](=O)[O-])cc1/C=N\Nc1ccc(C(F)(F)F)cc1[N+](=O)[O-]. The van der Waals surface area contributed by atoms with Crippen LogP contribution in [0.15, 0.2) is 41.5 Å². The van der Waals surface area contributed by atoms with Crippen molar-refractivity contribution < 1.29 is 27.8 Å². The van der Waals surface area contributed by atoms with E-state index in [9.17, 15) is 33.4 Å². The largest absolute Gasteiger partial charge is 0.496 e. The van der Waals surface area contributed by atoms with Crippen LogP contribution in [-0.4, -0.2) is 23.2 Å². The minimum atomic E-state index is -4.73. The van der Waals surface area contributed by atoms with Gasteiger partial charge in [0.05, 0.1) is 28.7 Å². The summed E-state index contributed by atoms with van der Waals surface area (Å²) >= 11 is 0. The molecule has 0 amide bonds. The molecule has 2 aromatic carbocycles. The fraction of sp³-hybridized carbons (Fsp3) is 0.133. The highest BCUT2D eigenvalue weighted by Gasteiger charge is 2.33. The van der Waals surface area contributed by atoms with E-state index in [1.54, 1.807) is 0 Å². The number of nitro groups is 2. The second kappa shape index (κ2) is 7.68. The number of nitrogens with one attached hydrogen (secondary N) is 1. The van der Waals surface area contributed by atoms with E-state index < -0.39 is 27.3 Å². The highest BCUT2D eigenvalue weighted by molar-refractivity contribution is 5.85. The minimum absolute atomic E-state index is 0.189. The third-order valence-electron chi connectivity index (χ3n) is 3.33. The Morgan fingerprint density at radius 1 is 1.11 bits per heavy atom. The van der Waals surface area contributed by atoms with Crippen molar-refractivity contribution in [3.63, 3.8) is 0 Å². The number of anilines is 1. The van der Waals surface area contributed by atoms with E-state index in [0.29, 0.717) is 12.1 Å². The maximum Gasteiger partial charge on any atom is 0.416 e. The Morgan fingerprint density at radius 3 is 2.37 bits per heavy atom. The van der Waals surface area contributed by atoms with Crippen LogP contribution in [0.5, 0.6) is 5.75 Å². The van der Waals surface area contributed by atoms with Crippen LogP contribution in [0.3, 0.4) is 0 Å². The summed E-state index contributed by atoms with van der Waals surface area (Å²) in [6.07, 6.45) is -3.64. The van der Waals surface area contributed by atoms with E-state index in [1.807, 2.05) is 0 Å². The molecule has 0 saturated heterocycles. The van der Waals surface area contributed by atoms with E-state index in [0.717, 1.165) is 18.3 Å². The van der Waals surface area contributed by atoms with Crippen molar-refractivity contribution in [3.8, 4) is 5.75 Å². The molecule has 0 unspecified atom stereocenters. The van der Waals surface area contributed by atoms with E-state index >= 15 is 0 Å². The first-order valence-corrected chi connectivity index (χ1v) is 7.10. The highest BCUT2D eigenvalue weighted by Crippen LogP contribution is 2.35. The average molecular weight is 384 g/mol. The molecule has 27 heavy (non-hydrogen) atoms. The molecule has 0 bridgehead atoms. The summed E-state index contributed by atoms with van der Waals surface area (Å²) < 4.78 is 43.1. The maximum absolute atomic E-state index is 12.7. The molecule has 0 saturated carbocycles. The molecule has 0 spiro atoms. The molecule has 142 valence electrons. The minimum Gasteiger partial charge on any atom is -0.496 e. The Kier molecular flexibility index (Phi) is 5.58. The summed E-state index contributed by atoms with van der Waals surface area (Å²) in [6.45, 7) is 0. The third kappa shape index (κ3) is 4.68. The summed E-state index contributed by atoms with van der Waals surface area (Å²) in [7, 11) is 1.33. The molecule has 0 atom stereocenters. The Morgan fingerprint density at radius 2 is 1.81 bits per heavy atom. The van der Waals surface area contributed by atoms with Crippen molar-refractivity contribution >= 4 is 23.3 Å². The van der Waals surface area contributed by atoms with Gasteiger partial charge in [-0.1, -0.05) is 0 Å². The van der Waals surface area contributed by atoms with Gasteiger partial charge in [0.2, 0.25) is 0 Å². The van der Waals surface area contributed by atoms with Gasteiger partial charge in [0, 0.05) is 23.8 Å². The number of non-ortho nitro benzene ring substituents is 1. The van der Waals surface area contributed by atoms with Crippen LogP contribution in [0.4, 0.5) is 30.2 Å². The number of nitro benzene ring substituents is 2. The van der Waals surface area contributed by atoms with Gasteiger partial charge in [-0.05, 0) is 18.2 Å². The number of hydrazone groups is 1. The molecule has 2 rings (SSSR count). The van der Waals surface area contributed by atoms with Crippen LogP contribution in [0.1, 0.15) is 11.1 Å². The summed E-state index contributed by atoms with van der Waals surface area (Å²) in [6, 6.07) is 5.61. The molecular formula is C15H11F3N4O5. The number of rotatable bonds is 6. The quantitative estimate of drug-likeness (QED) is 0.457. The maximum atomic E-state index is 12.7.